The Bertz CT molecular complexity index is 1160. The molecule has 0 unspecified atom stereocenters. The summed E-state index contributed by atoms with van der Waals surface area (Å²) in [5.74, 6) is 0. The van der Waals surface area contributed by atoms with Gasteiger partial charge in [-0.3, -0.25) is 19.2 Å². The van der Waals surface area contributed by atoms with Gasteiger partial charge in [0.1, 0.15) is 0 Å². The van der Waals surface area contributed by atoms with E-state index in [0.717, 1.165) is 22.2 Å². The summed E-state index contributed by atoms with van der Waals surface area (Å²) in [5.41, 5.74) is 3.55. The van der Waals surface area contributed by atoms with Gasteiger partial charge in [0.25, 0.3) is 5.69 Å². The molecule has 0 atom stereocenters. The molecule has 0 saturated carbocycles. The SMILES string of the molecule is O=c1n(Cc2ccccc2)c2ccccc2n1Cc1ccc([N+](=O)[O-])cc1. The van der Waals surface area contributed by atoms with Crippen LogP contribution in [0, 0.1) is 10.1 Å². The molecule has 0 aliphatic carbocycles. The summed E-state index contributed by atoms with van der Waals surface area (Å²) in [6.45, 7) is 0.854. The van der Waals surface area contributed by atoms with E-state index in [-0.39, 0.29) is 11.4 Å². The van der Waals surface area contributed by atoms with Crippen molar-refractivity contribution in [2.75, 3.05) is 0 Å². The van der Waals surface area contributed by atoms with Crippen molar-refractivity contribution in [3.8, 4) is 0 Å². The Labute approximate surface area is 155 Å². The molecule has 4 aromatic rings. The van der Waals surface area contributed by atoms with Crippen molar-refractivity contribution in [1.82, 2.24) is 9.13 Å². The third-order valence-electron chi connectivity index (χ3n) is 4.60. The number of hydrogen-bond donors (Lipinski definition) is 0. The maximum absolute atomic E-state index is 13.1. The molecular weight excluding hydrogens is 342 g/mol. The number of non-ortho nitro benzene ring substituents is 1. The van der Waals surface area contributed by atoms with Crippen molar-refractivity contribution in [2.45, 2.75) is 13.1 Å². The van der Waals surface area contributed by atoms with Crippen molar-refractivity contribution in [3.63, 3.8) is 0 Å². The average molecular weight is 359 g/mol. The second kappa shape index (κ2) is 6.92. The maximum atomic E-state index is 13.1. The van der Waals surface area contributed by atoms with E-state index < -0.39 is 4.92 Å². The van der Waals surface area contributed by atoms with Crippen LogP contribution in [0.4, 0.5) is 5.69 Å². The van der Waals surface area contributed by atoms with Crippen LogP contribution in [-0.2, 0) is 13.1 Å². The molecule has 0 aliphatic rings. The maximum Gasteiger partial charge on any atom is 0.329 e. The summed E-state index contributed by atoms with van der Waals surface area (Å²) in [6.07, 6.45) is 0. The molecule has 3 aromatic carbocycles. The molecule has 6 nitrogen and oxygen atoms in total. The number of fused-ring (bicyclic) bond motifs is 1. The molecule has 0 amide bonds. The second-order valence-electron chi connectivity index (χ2n) is 6.35. The van der Waals surface area contributed by atoms with Crippen LogP contribution in [0.1, 0.15) is 11.1 Å². The lowest BCUT2D eigenvalue weighted by atomic mass is 10.2. The monoisotopic (exact) mass is 359 g/mol. The number of rotatable bonds is 5. The summed E-state index contributed by atoms with van der Waals surface area (Å²) >= 11 is 0. The lowest BCUT2D eigenvalue weighted by molar-refractivity contribution is -0.384. The average Bonchev–Trinajstić information content (AvgIpc) is 2.95. The first-order valence-corrected chi connectivity index (χ1v) is 8.59. The highest BCUT2D eigenvalue weighted by Crippen LogP contribution is 2.17. The lowest BCUT2D eigenvalue weighted by Gasteiger charge is -2.04. The summed E-state index contributed by atoms with van der Waals surface area (Å²) in [7, 11) is 0. The molecule has 6 heteroatoms. The van der Waals surface area contributed by atoms with Crippen LogP contribution in [0.15, 0.2) is 83.7 Å². The van der Waals surface area contributed by atoms with E-state index in [1.165, 1.54) is 12.1 Å². The van der Waals surface area contributed by atoms with Crippen LogP contribution in [0.5, 0.6) is 0 Å². The Morgan fingerprint density at radius 1 is 0.704 bits per heavy atom. The van der Waals surface area contributed by atoms with E-state index in [0.29, 0.717) is 13.1 Å². The molecular formula is C21H17N3O3. The molecule has 0 aliphatic heterocycles. The molecule has 0 fully saturated rings. The number of imidazole rings is 1. The number of para-hydroxylation sites is 2. The van der Waals surface area contributed by atoms with Crippen LogP contribution in [0.3, 0.4) is 0 Å². The predicted molar refractivity (Wildman–Crippen MR) is 104 cm³/mol. The molecule has 0 spiro atoms. The summed E-state index contributed by atoms with van der Waals surface area (Å²) < 4.78 is 3.47. The van der Waals surface area contributed by atoms with Crippen molar-refractivity contribution >= 4 is 16.7 Å². The third kappa shape index (κ3) is 3.25. The van der Waals surface area contributed by atoms with Crippen molar-refractivity contribution < 1.29 is 4.92 Å². The zero-order chi connectivity index (χ0) is 18.8. The minimum atomic E-state index is -0.429. The number of nitrogens with zero attached hydrogens (tertiary/aromatic N) is 3. The highest BCUT2D eigenvalue weighted by Gasteiger charge is 2.14. The number of hydrogen-bond acceptors (Lipinski definition) is 3. The van der Waals surface area contributed by atoms with E-state index in [2.05, 4.69) is 0 Å². The Hall–Kier alpha value is -3.67. The molecule has 0 bridgehead atoms. The Balaban J connectivity index is 1.76. The normalized spacial score (nSPS) is 11.0. The van der Waals surface area contributed by atoms with Crippen LogP contribution in [0.2, 0.25) is 0 Å². The fourth-order valence-corrected chi connectivity index (χ4v) is 3.25. The number of nitro benzene ring substituents is 1. The van der Waals surface area contributed by atoms with E-state index in [1.807, 2.05) is 54.6 Å². The Morgan fingerprint density at radius 3 is 1.70 bits per heavy atom. The fourth-order valence-electron chi connectivity index (χ4n) is 3.25. The van der Waals surface area contributed by atoms with Gasteiger partial charge in [-0.15, -0.1) is 0 Å². The van der Waals surface area contributed by atoms with Crippen molar-refractivity contribution in [2.24, 2.45) is 0 Å². The van der Waals surface area contributed by atoms with Gasteiger partial charge in [-0.1, -0.05) is 54.6 Å². The third-order valence-corrected chi connectivity index (χ3v) is 4.60. The van der Waals surface area contributed by atoms with Crippen LogP contribution >= 0.6 is 0 Å². The van der Waals surface area contributed by atoms with Crippen LogP contribution in [0.25, 0.3) is 11.0 Å². The molecule has 134 valence electrons. The predicted octanol–water partition coefficient (Wildman–Crippen LogP) is 3.81. The quantitative estimate of drug-likeness (QED) is 0.402. The molecule has 0 N–H and O–H groups in total. The summed E-state index contributed by atoms with van der Waals surface area (Å²) in [6, 6.07) is 23.8. The molecule has 1 heterocycles. The number of nitro groups is 1. The van der Waals surface area contributed by atoms with Crippen LogP contribution < -0.4 is 5.69 Å². The fraction of sp³-hybridized carbons (Fsp3) is 0.0952. The summed E-state index contributed by atoms with van der Waals surface area (Å²) in [4.78, 5) is 23.5. The smallest absolute Gasteiger partial charge is 0.287 e. The minimum Gasteiger partial charge on any atom is -0.287 e. The van der Waals surface area contributed by atoms with Gasteiger partial charge in [-0.25, -0.2) is 4.79 Å². The van der Waals surface area contributed by atoms with Gasteiger partial charge >= 0.3 is 5.69 Å². The van der Waals surface area contributed by atoms with E-state index in [1.54, 1.807) is 21.3 Å². The molecule has 0 radical (unpaired) electrons. The van der Waals surface area contributed by atoms with Gasteiger partial charge in [0.2, 0.25) is 0 Å². The highest BCUT2D eigenvalue weighted by molar-refractivity contribution is 5.76. The topological polar surface area (TPSA) is 70.1 Å². The molecule has 1 aromatic heterocycles. The van der Waals surface area contributed by atoms with Gasteiger partial charge < -0.3 is 0 Å². The molecule has 0 saturated heterocycles. The molecule has 27 heavy (non-hydrogen) atoms. The van der Waals surface area contributed by atoms with Gasteiger partial charge in [0, 0.05) is 12.1 Å². The largest absolute Gasteiger partial charge is 0.329 e. The Morgan fingerprint density at radius 2 is 1.19 bits per heavy atom. The van der Waals surface area contributed by atoms with Crippen molar-refractivity contribution in [3.05, 3.63) is 111 Å². The van der Waals surface area contributed by atoms with Crippen LogP contribution in [-0.4, -0.2) is 14.1 Å². The Kier molecular flexibility index (Phi) is 4.30. The highest BCUT2D eigenvalue weighted by atomic mass is 16.6. The van der Waals surface area contributed by atoms with Gasteiger partial charge in [0.05, 0.1) is 29.0 Å². The standard InChI is InChI=1S/C21H17N3O3/c25-21-22(14-16-6-2-1-3-7-16)19-8-4-5-9-20(19)23(21)15-17-10-12-18(13-11-17)24(26)27/h1-13H,14-15H2. The van der Waals surface area contributed by atoms with Gasteiger partial charge in [-0.2, -0.15) is 0 Å². The van der Waals surface area contributed by atoms with E-state index in [9.17, 15) is 14.9 Å². The van der Waals surface area contributed by atoms with Gasteiger partial charge in [0.15, 0.2) is 0 Å². The zero-order valence-corrected chi connectivity index (χ0v) is 14.5. The molecule has 4 rings (SSSR count). The lowest BCUT2D eigenvalue weighted by Crippen LogP contribution is -2.25. The van der Waals surface area contributed by atoms with Gasteiger partial charge in [-0.05, 0) is 23.3 Å². The second-order valence-corrected chi connectivity index (χ2v) is 6.35. The van der Waals surface area contributed by atoms with E-state index >= 15 is 0 Å². The first-order chi connectivity index (χ1) is 13.1. The first kappa shape index (κ1) is 16.8. The number of benzene rings is 3. The summed E-state index contributed by atoms with van der Waals surface area (Å²) in [5, 5.41) is 10.8. The minimum absolute atomic E-state index is 0.0394. The van der Waals surface area contributed by atoms with Crippen molar-refractivity contribution in [1.29, 1.82) is 0 Å². The zero-order valence-electron chi connectivity index (χ0n) is 14.5. The van der Waals surface area contributed by atoms with E-state index in [4.69, 9.17) is 0 Å². The first-order valence-electron chi connectivity index (χ1n) is 8.59. The number of aromatic nitrogens is 2.